The molecule has 1 amide bonds. The average molecular weight is 224 g/mol. The van der Waals surface area contributed by atoms with Gasteiger partial charge in [-0.1, -0.05) is 0 Å². The normalized spacial score (nSPS) is 16.4. The Morgan fingerprint density at radius 3 is 3.00 bits per heavy atom. The van der Waals surface area contributed by atoms with Crippen LogP contribution in [-0.4, -0.2) is 44.1 Å². The molecule has 2 heterocycles. The first-order valence-electron chi connectivity index (χ1n) is 5.38. The van der Waals surface area contributed by atoms with Gasteiger partial charge in [0.2, 0.25) is 0 Å². The maximum absolute atomic E-state index is 12.1. The average Bonchev–Trinajstić information content (AvgIpc) is 2.78. The first-order chi connectivity index (χ1) is 7.83. The predicted octanol–water partition coefficient (Wildman–Crippen LogP) is 0.471. The van der Waals surface area contributed by atoms with Gasteiger partial charge in [-0.25, -0.2) is 0 Å². The molecule has 0 atom stereocenters. The van der Waals surface area contributed by atoms with Crippen LogP contribution in [0, 0.1) is 0 Å². The van der Waals surface area contributed by atoms with Gasteiger partial charge in [-0.2, -0.15) is 0 Å². The molecule has 1 aromatic rings. The van der Waals surface area contributed by atoms with Crippen molar-refractivity contribution < 1.29 is 13.9 Å². The summed E-state index contributed by atoms with van der Waals surface area (Å²) in [5, 5.41) is 3.21. The Labute approximate surface area is 94.4 Å². The Bertz CT molecular complexity index is 356. The zero-order chi connectivity index (χ0) is 11.4. The molecule has 1 N–H and O–H groups in total. The Hall–Kier alpha value is -1.33. The van der Waals surface area contributed by atoms with Crippen molar-refractivity contribution in [1.29, 1.82) is 0 Å². The summed E-state index contributed by atoms with van der Waals surface area (Å²) in [5.41, 5.74) is 0.615. The predicted molar refractivity (Wildman–Crippen MR) is 58.2 cm³/mol. The van der Waals surface area contributed by atoms with E-state index in [-0.39, 0.29) is 5.91 Å². The number of carbonyl (C=O) groups excluding carboxylic acids is 1. The SMILES string of the molecule is COCc1occc1C(=O)N1CCNCC1. The number of carbonyl (C=O) groups is 1. The summed E-state index contributed by atoms with van der Waals surface area (Å²) in [5.74, 6) is 0.633. The van der Waals surface area contributed by atoms with E-state index in [2.05, 4.69) is 5.32 Å². The van der Waals surface area contributed by atoms with Crippen molar-refractivity contribution in [2.45, 2.75) is 6.61 Å². The first kappa shape index (κ1) is 11.2. The maximum atomic E-state index is 12.1. The van der Waals surface area contributed by atoms with Gasteiger partial charge in [0.15, 0.2) is 0 Å². The van der Waals surface area contributed by atoms with Gasteiger partial charge in [0.05, 0.1) is 11.8 Å². The topological polar surface area (TPSA) is 54.7 Å². The molecule has 0 aromatic carbocycles. The molecule has 1 aliphatic rings. The van der Waals surface area contributed by atoms with E-state index in [0.29, 0.717) is 17.9 Å². The van der Waals surface area contributed by atoms with E-state index in [1.165, 1.54) is 6.26 Å². The largest absolute Gasteiger partial charge is 0.466 e. The van der Waals surface area contributed by atoms with Crippen LogP contribution in [0.5, 0.6) is 0 Å². The molecule has 0 saturated carbocycles. The molecule has 0 bridgehead atoms. The van der Waals surface area contributed by atoms with Crippen molar-refractivity contribution >= 4 is 5.91 Å². The second kappa shape index (κ2) is 5.14. The van der Waals surface area contributed by atoms with Crippen LogP contribution in [0.15, 0.2) is 16.7 Å². The molecule has 0 unspecified atom stereocenters. The van der Waals surface area contributed by atoms with Crippen molar-refractivity contribution in [2.75, 3.05) is 33.3 Å². The minimum Gasteiger partial charge on any atom is -0.466 e. The molecule has 0 aliphatic carbocycles. The summed E-state index contributed by atoms with van der Waals surface area (Å²) < 4.78 is 10.2. The lowest BCUT2D eigenvalue weighted by atomic mass is 10.2. The summed E-state index contributed by atoms with van der Waals surface area (Å²) in [7, 11) is 1.58. The van der Waals surface area contributed by atoms with Crippen molar-refractivity contribution in [3.63, 3.8) is 0 Å². The van der Waals surface area contributed by atoms with Crippen molar-refractivity contribution in [1.82, 2.24) is 10.2 Å². The molecule has 1 aliphatic heterocycles. The monoisotopic (exact) mass is 224 g/mol. The number of nitrogens with one attached hydrogen (secondary N) is 1. The van der Waals surface area contributed by atoms with E-state index in [4.69, 9.17) is 9.15 Å². The van der Waals surface area contributed by atoms with Crippen LogP contribution in [0.4, 0.5) is 0 Å². The van der Waals surface area contributed by atoms with Crippen molar-refractivity contribution in [2.24, 2.45) is 0 Å². The summed E-state index contributed by atoms with van der Waals surface area (Å²) in [4.78, 5) is 14.0. The molecule has 2 rings (SSSR count). The van der Waals surface area contributed by atoms with E-state index in [1.54, 1.807) is 13.2 Å². The lowest BCUT2D eigenvalue weighted by molar-refractivity contribution is 0.0727. The van der Waals surface area contributed by atoms with Gasteiger partial charge in [0.1, 0.15) is 12.4 Å². The molecular weight excluding hydrogens is 208 g/mol. The van der Waals surface area contributed by atoms with Crippen LogP contribution in [0.25, 0.3) is 0 Å². The standard InChI is InChI=1S/C11H16N2O3/c1-15-8-10-9(2-7-16-10)11(14)13-5-3-12-4-6-13/h2,7,12H,3-6,8H2,1H3. The highest BCUT2D eigenvalue weighted by molar-refractivity contribution is 5.95. The van der Waals surface area contributed by atoms with Crippen LogP contribution in [-0.2, 0) is 11.3 Å². The van der Waals surface area contributed by atoms with Crippen LogP contribution in [0.1, 0.15) is 16.1 Å². The molecule has 16 heavy (non-hydrogen) atoms. The third-order valence-electron chi connectivity index (χ3n) is 2.66. The molecule has 5 heteroatoms. The fourth-order valence-corrected chi connectivity index (χ4v) is 1.81. The van der Waals surface area contributed by atoms with E-state index >= 15 is 0 Å². The highest BCUT2D eigenvalue weighted by atomic mass is 16.5. The number of amides is 1. The van der Waals surface area contributed by atoms with Gasteiger partial charge in [0.25, 0.3) is 5.91 Å². The van der Waals surface area contributed by atoms with Gasteiger partial charge in [-0.05, 0) is 6.07 Å². The van der Waals surface area contributed by atoms with E-state index in [0.717, 1.165) is 26.2 Å². The highest BCUT2D eigenvalue weighted by Gasteiger charge is 2.22. The van der Waals surface area contributed by atoms with Crippen LogP contribution in [0.2, 0.25) is 0 Å². The smallest absolute Gasteiger partial charge is 0.257 e. The zero-order valence-electron chi connectivity index (χ0n) is 9.36. The third kappa shape index (κ3) is 2.25. The fraction of sp³-hybridized carbons (Fsp3) is 0.545. The zero-order valence-corrected chi connectivity index (χ0v) is 9.36. The number of hydrogen-bond donors (Lipinski definition) is 1. The Morgan fingerprint density at radius 1 is 1.56 bits per heavy atom. The number of hydrogen-bond acceptors (Lipinski definition) is 4. The second-order valence-corrected chi connectivity index (χ2v) is 3.73. The number of methoxy groups -OCH3 is 1. The summed E-state index contributed by atoms with van der Waals surface area (Å²) in [6.45, 7) is 3.53. The minimum atomic E-state index is 0.0299. The number of rotatable bonds is 3. The molecule has 1 aromatic heterocycles. The van der Waals surface area contributed by atoms with E-state index in [9.17, 15) is 4.79 Å². The maximum Gasteiger partial charge on any atom is 0.257 e. The molecule has 0 radical (unpaired) electrons. The number of ether oxygens (including phenoxy) is 1. The quantitative estimate of drug-likeness (QED) is 0.811. The van der Waals surface area contributed by atoms with Crippen molar-refractivity contribution in [3.05, 3.63) is 23.7 Å². The van der Waals surface area contributed by atoms with Crippen LogP contribution < -0.4 is 5.32 Å². The Morgan fingerprint density at radius 2 is 2.31 bits per heavy atom. The molecule has 1 fully saturated rings. The first-order valence-corrected chi connectivity index (χ1v) is 5.38. The van der Waals surface area contributed by atoms with Gasteiger partial charge < -0.3 is 19.4 Å². The number of nitrogens with zero attached hydrogens (tertiary/aromatic N) is 1. The lowest BCUT2D eigenvalue weighted by Crippen LogP contribution is -2.46. The van der Waals surface area contributed by atoms with Gasteiger partial charge in [-0.15, -0.1) is 0 Å². The molecule has 5 nitrogen and oxygen atoms in total. The summed E-state index contributed by atoms with van der Waals surface area (Å²) in [6, 6.07) is 1.71. The van der Waals surface area contributed by atoms with Gasteiger partial charge in [-0.3, -0.25) is 4.79 Å². The number of piperazine rings is 1. The summed E-state index contributed by atoms with van der Waals surface area (Å²) >= 11 is 0. The highest BCUT2D eigenvalue weighted by Crippen LogP contribution is 2.14. The minimum absolute atomic E-state index is 0.0299. The van der Waals surface area contributed by atoms with Crippen molar-refractivity contribution in [3.8, 4) is 0 Å². The second-order valence-electron chi connectivity index (χ2n) is 3.73. The Kier molecular flexibility index (Phi) is 3.58. The van der Waals surface area contributed by atoms with Gasteiger partial charge >= 0.3 is 0 Å². The van der Waals surface area contributed by atoms with Crippen LogP contribution >= 0.6 is 0 Å². The van der Waals surface area contributed by atoms with Gasteiger partial charge in [0, 0.05) is 33.3 Å². The molecular formula is C11H16N2O3. The van der Waals surface area contributed by atoms with E-state index < -0.39 is 0 Å². The third-order valence-corrected chi connectivity index (χ3v) is 2.66. The number of furan rings is 1. The lowest BCUT2D eigenvalue weighted by Gasteiger charge is -2.27. The fourth-order valence-electron chi connectivity index (χ4n) is 1.81. The molecule has 1 saturated heterocycles. The summed E-state index contributed by atoms with van der Waals surface area (Å²) in [6.07, 6.45) is 1.53. The van der Waals surface area contributed by atoms with E-state index in [1.807, 2.05) is 4.90 Å². The van der Waals surface area contributed by atoms with Crippen LogP contribution in [0.3, 0.4) is 0 Å². The molecule has 0 spiro atoms. The Balaban J connectivity index is 2.09. The molecule has 88 valence electrons.